The highest BCUT2D eigenvalue weighted by Crippen LogP contribution is 2.39. The summed E-state index contributed by atoms with van der Waals surface area (Å²) < 4.78 is 52.0. The molecule has 11 heteroatoms. The lowest BCUT2D eigenvalue weighted by Gasteiger charge is -2.41. The number of carbonyl (C=O) groups is 1. The van der Waals surface area contributed by atoms with Gasteiger partial charge in [0.1, 0.15) is 23.6 Å². The van der Waals surface area contributed by atoms with E-state index in [0.29, 0.717) is 57.9 Å². The Labute approximate surface area is 249 Å². The van der Waals surface area contributed by atoms with Crippen LogP contribution in [-0.4, -0.2) is 88.7 Å². The molecule has 2 N–H and O–H groups in total. The molecule has 4 heterocycles. The van der Waals surface area contributed by atoms with Crippen molar-refractivity contribution < 1.29 is 27.8 Å². The third kappa shape index (κ3) is 6.58. The first-order valence-corrected chi connectivity index (χ1v) is 15.1. The highest BCUT2D eigenvalue weighted by atomic mass is 19.1. The molecule has 0 aliphatic carbocycles. The molecule has 3 aliphatic heterocycles. The Balaban J connectivity index is 1.48. The Bertz CT molecular complexity index is 1400. The van der Waals surface area contributed by atoms with E-state index in [-0.39, 0.29) is 42.8 Å². The van der Waals surface area contributed by atoms with Crippen molar-refractivity contribution in [3.8, 4) is 11.3 Å². The average molecular weight is 598 g/mol. The Morgan fingerprint density at radius 2 is 1.91 bits per heavy atom. The number of rotatable bonds is 8. The zero-order chi connectivity index (χ0) is 29.9. The fourth-order valence-electron chi connectivity index (χ4n) is 6.57. The number of ether oxygens (including phenoxy) is 1. The van der Waals surface area contributed by atoms with Crippen LogP contribution in [0, 0.1) is 23.5 Å². The number of urea groups is 1. The van der Waals surface area contributed by atoms with E-state index < -0.39 is 35.9 Å². The maximum atomic E-state index is 15.1. The second-order valence-corrected chi connectivity index (χ2v) is 11.9. The van der Waals surface area contributed by atoms with Crippen molar-refractivity contribution in [2.24, 2.45) is 11.8 Å². The minimum Gasteiger partial charge on any atom is -0.391 e. The fourth-order valence-corrected chi connectivity index (χ4v) is 6.57. The first-order valence-electron chi connectivity index (χ1n) is 15.1. The van der Waals surface area contributed by atoms with Gasteiger partial charge in [0, 0.05) is 70.2 Å². The van der Waals surface area contributed by atoms with Crippen LogP contribution in [0.5, 0.6) is 0 Å². The number of hydrogen-bond acceptors (Lipinski definition) is 5. The summed E-state index contributed by atoms with van der Waals surface area (Å²) in [4.78, 5) is 22.6. The summed E-state index contributed by atoms with van der Waals surface area (Å²) >= 11 is 0. The minimum atomic E-state index is -1.11. The first kappa shape index (κ1) is 29.7. The van der Waals surface area contributed by atoms with Gasteiger partial charge < -0.3 is 29.5 Å². The van der Waals surface area contributed by atoms with E-state index in [1.807, 2.05) is 34.9 Å². The van der Waals surface area contributed by atoms with Gasteiger partial charge in [0.25, 0.3) is 0 Å². The predicted molar refractivity (Wildman–Crippen MR) is 155 cm³/mol. The smallest absolute Gasteiger partial charge is 0.320 e. The number of aromatic nitrogens is 2. The van der Waals surface area contributed by atoms with Crippen LogP contribution in [0.3, 0.4) is 0 Å². The molecule has 0 bridgehead atoms. The SMILES string of the molecule is O=C(N1CC[C@@H](O)C1)N(C[C@@H]1CNC[C@@H]1F)[C@@H](c1nc(-c2cc(F)ccc2F)cn1Cc1ccccc1)C1CCOCC1. The largest absolute Gasteiger partial charge is 0.391 e. The van der Waals surface area contributed by atoms with Crippen molar-refractivity contribution in [1.29, 1.82) is 0 Å². The fraction of sp³-hybridized carbons (Fsp3) is 0.500. The number of hydrogen-bond donors (Lipinski definition) is 2. The molecule has 3 aliphatic rings. The van der Waals surface area contributed by atoms with Gasteiger partial charge in [-0.25, -0.2) is 22.9 Å². The molecular weight excluding hydrogens is 559 g/mol. The normalized spacial score (nSPS) is 23.5. The molecule has 3 fully saturated rings. The van der Waals surface area contributed by atoms with Gasteiger partial charge in [-0.1, -0.05) is 30.3 Å². The van der Waals surface area contributed by atoms with Gasteiger partial charge in [-0.15, -0.1) is 0 Å². The minimum absolute atomic E-state index is 0.0307. The quantitative estimate of drug-likeness (QED) is 0.403. The predicted octanol–water partition coefficient (Wildman–Crippen LogP) is 4.39. The second kappa shape index (κ2) is 13.1. The standard InChI is InChI=1S/C32H38F3N5O3/c33-24-6-7-27(34)26(14-24)29-20-39(17-21-4-2-1-3-5-21)31(37-29)30(22-9-12-43-13-10-22)40(18-23-15-36-16-28(23)35)32(42)38-11-8-25(41)19-38/h1-7,14,20,22-23,25,28,30,36,41H,8-13,15-19H2/t23-,25+,28-,30+/m0/s1. The van der Waals surface area contributed by atoms with E-state index >= 15 is 8.78 Å². The number of carbonyl (C=O) groups excluding carboxylic acids is 1. The molecule has 2 amide bonds. The third-order valence-electron chi connectivity index (χ3n) is 8.89. The van der Waals surface area contributed by atoms with Gasteiger partial charge in [0.05, 0.1) is 17.8 Å². The summed E-state index contributed by atoms with van der Waals surface area (Å²) in [6, 6.07) is 12.1. The summed E-state index contributed by atoms with van der Waals surface area (Å²) in [6.07, 6.45) is 1.77. The number of nitrogens with one attached hydrogen (secondary N) is 1. The molecule has 3 saturated heterocycles. The van der Waals surface area contributed by atoms with E-state index in [1.54, 1.807) is 16.0 Å². The number of aliphatic hydroxyl groups is 1. The lowest BCUT2D eigenvalue weighted by atomic mass is 9.89. The summed E-state index contributed by atoms with van der Waals surface area (Å²) in [5.41, 5.74) is 1.26. The molecule has 0 radical (unpaired) electrons. The zero-order valence-electron chi connectivity index (χ0n) is 24.0. The Morgan fingerprint density at radius 1 is 1.12 bits per heavy atom. The summed E-state index contributed by atoms with van der Waals surface area (Å²) in [5.74, 6) is -1.14. The monoisotopic (exact) mass is 597 g/mol. The van der Waals surface area contributed by atoms with Crippen LogP contribution in [0.1, 0.15) is 36.7 Å². The lowest BCUT2D eigenvalue weighted by Crippen LogP contribution is -2.50. The zero-order valence-corrected chi connectivity index (χ0v) is 24.0. The van der Waals surface area contributed by atoms with E-state index in [0.717, 1.165) is 23.8 Å². The van der Waals surface area contributed by atoms with Crippen molar-refractivity contribution >= 4 is 6.03 Å². The third-order valence-corrected chi connectivity index (χ3v) is 8.89. The van der Waals surface area contributed by atoms with Gasteiger partial charge >= 0.3 is 6.03 Å². The number of alkyl halides is 1. The molecule has 3 aromatic rings. The number of imidazole rings is 1. The van der Waals surface area contributed by atoms with Crippen LogP contribution in [0.15, 0.2) is 54.7 Å². The highest BCUT2D eigenvalue weighted by molar-refractivity contribution is 5.75. The van der Waals surface area contributed by atoms with Gasteiger partial charge in [0.2, 0.25) is 0 Å². The molecule has 6 rings (SSSR count). The summed E-state index contributed by atoms with van der Waals surface area (Å²) in [7, 11) is 0. The van der Waals surface area contributed by atoms with Gasteiger partial charge in [-0.3, -0.25) is 0 Å². The van der Waals surface area contributed by atoms with Crippen LogP contribution in [0.25, 0.3) is 11.3 Å². The Kier molecular flexibility index (Phi) is 9.01. The number of amides is 2. The van der Waals surface area contributed by atoms with Crippen molar-refractivity contribution in [2.75, 3.05) is 45.9 Å². The van der Waals surface area contributed by atoms with E-state index in [1.165, 1.54) is 0 Å². The van der Waals surface area contributed by atoms with E-state index in [2.05, 4.69) is 5.32 Å². The number of aliphatic hydroxyl groups excluding tert-OH is 1. The van der Waals surface area contributed by atoms with Crippen molar-refractivity contribution in [2.45, 2.75) is 44.1 Å². The van der Waals surface area contributed by atoms with Crippen LogP contribution >= 0.6 is 0 Å². The van der Waals surface area contributed by atoms with Gasteiger partial charge in [-0.2, -0.15) is 0 Å². The van der Waals surface area contributed by atoms with Crippen molar-refractivity contribution in [3.63, 3.8) is 0 Å². The molecule has 0 unspecified atom stereocenters. The molecule has 0 saturated carbocycles. The molecule has 0 spiro atoms. The molecule has 4 atom stereocenters. The maximum absolute atomic E-state index is 15.1. The van der Waals surface area contributed by atoms with Gasteiger partial charge in [-0.05, 0) is 48.9 Å². The maximum Gasteiger partial charge on any atom is 0.320 e. The van der Waals surface area contributed by atoms with E-state index in [4.69, 9.17) is 9.72 Å². The number of likely N-dealkylation sites (tertiary alicyclic amines) is 1. The molecular formula is C32H38F3N5O3. The average Bonchev–Trinajstić information content (AvgIpc) is 3.75. The number of β-amino-alcohol motifs (C(OH)–C–C–N with tert-alkyl or cyclic N) is 1. The van der Waals surface area contributed by atoms with Crippen LogP contribution in [0.4, 0.5) is 18.0 Å². The topological polar surface area (TPSA) is 82.9 Å². The van der Waals surface area contributed by atoms with Crippen LogP contribution in [-0.2, 0) is 11.3 Å². The molecule has 2 aromatic carbocycles. The number of halogens is 3. The van der Waals surface area contributed by atoms with Crippen molar-refractivity contribution in [3.05, 3.63) is 77.8 Å². The first-order chi connectivity index (χ1) is 20.9. The molecule has 43 heavy (non-hydrogen) atoms. The molecule has 1 aromatic heterocycles. The van der Waals surface area contributed by atoms with Crippen molar-refractivity contribution in [1.82, 2.24) is 24.7 Å². The summed E-state index contributed by atoms with van der Waals surface area (Å²) in [6.45, 7) is 2.83. The molecule has 230 valence electrons. The highest BCUT2D eigenvalue weighted by Gasteiger charge is 2.42. The van der Waals surface area contributed by atoms with Crippen LogP contribution in [0.2, 0.25) is 0 Å². The number of nitrogens with zero attached hydrogens (tertiary/aromatic N) is 4. The Morgan fingerprint density at radius 3 is 2.60 bits per heavy atom. The summed E-state index contributed by atoms with van der Waals surface area (Å²) in [5, 5.41) is 13.4. The lowest BCUT2D eigenvalue weighted by molar-refractivity contribution is 0.0208. The van der Waals surface area contributed by atoms with Crippen LogP contribution < -0.4 is 5.32 Å². The molecule has 8 nitrogen and oxygen atoms in total. The van der Waals surface area contributed by atoms with Gasteiger partial charge in [0.15, 0.2) is 0 Å². The second-order valence-electron chi connectivity index (χ2n) is 11.9. The number of benzene rings is 2. The van der Waals surface area contributed by atoms with E-state index in [9.17, 15) is 14.3 Å². The Hall–Kier alpha value is -3.41.